The Bertz CT molecular complexity index is 2080. The van der Waals surface area contributed by atoms with Crippen LogP contribution in [0.4, 0.5) is 23.4 Å². The minimum absolute atomic E-state index is 0.0545. The van der Waals surface area contributed by atoms with Crippen molar-refractivity contribution in [3.8, 4) is 28.1 Å². The lowest BCUT2D eigenvalue weighted by Crippen LogP contribution is -2.39. The minimum Gasteiger partial charge on any atom is -0.496 e. The van der Waals surface area contributed by atoms with Crippen LogP contribution in [-0.2, 0) is 26.7 Å². The van der Waals surface area contributed by atoms with Crippen LogP contribution < -0.4 is 14.8 Å². The quantitative estimate of drug-likeness (QED) is 0.158. The fraction of sp³-hybridized carbons (Fsp3) is 0.107. The molecular formula is C28H18ClF4N3O7S. The molecule has 0 bridgehead atoms. The number of rotatable bonds is 7. The molecule has 5 aromatic rings. The third-order valence-corrected chi connectivity index (χ3v) is 8.29. The van der Waals surface area contributed by atoms with Gasteiger partial charge in [-0.2, -0.15) is 21.6 Å². The molecule has 0 spiro atoms. The Morgan fingerprint density at radius 2 is 1.80 bits per heavy atom. The Morgan fingerprint density at radius 1 is 1.05 bits per heavy atom. The largest absolute Gasteiger partial charge is 0.496 e. The van der Waals surface area contributed by atoms with Crippen molar-refractivity contribution in [1.82, 2.24) is 9.72 Å². The molecule has 10 nitrogen and oxygen atoms in total. The normalized spacial score (nSPS) is 11.9. The van der Waals surface area contributed by atoms with E-state index in [0.717, 1.165) is 30.5 Å². The molecule has 2 aromatic heterocycles. The van der Waals surface area contributed by atoms with Crippen LogP contribution in [0.25, 0.3) is 33.2 Å². The number of pyridine rings is 1. The van der Waals surface area contributed by atoms with Gasteiger partial charge >= 0.3 is 12.1 Å². The van der Waals surface area contributed by atoms with Gasteiger partial charge < -0.3 is 18.7 Å². The van der Waals surface area contributed by atoms with Crippen molar-refractivity contribution in [3.63, 3.8) is 0 Å². The molecule has 0 aliphatic heterocycles. The van der Waals surface area contributed by atoms with Gasteiger partial charge in [0.15, 0.2) is 0 Å². The van der Waals surface area contributed by atoms with Crippen LogP contribution in [0.3, 0.4) is 0 Å². The summed E-state index contributed by atoms with van der Waals surface area (Å²) in [6.07, 6.45) is -4.68. The number of sulfonamides is 1. The summed E-state index contributed by atoms with van der Waals surface area (Å²) < 4.78 is 90.7. The zero-order chi connectivity index (χ0) is 32.0. The van der Waals surface area contributed by atoms with Crippen molar-refractivity contribution >= 4 is 44.2 Å². The predicted molar refractivity (Wildman–Crippen MR) is 150 cm³/mol. The van der Waals surface area contributed by atoms with Crippen LogP contribution in [0.15, 0.2) is 87.2 Å². The van der Waals surface area contributed by atoms with E-state index in [9.17, 15) is 35.6 Å². The van der Waals surface area contributed by atoms with E-state index in [0.29, 0.717) is 22.1 Å². The van der Waals surface area contributed by atoms with E-state index >= 15 is 0 Å². The van der Waals surface area contributed by atoms with E-state index in [1.54, 1.807) is 12.1 Å². The molecule has 2 heterocycles. The molecule has 0 saturated heterocycles. The van der Waals surface area contributed by atoms with Crippen LogP contribution in [-0.4, -0.2) is 37.4 Å². The van der Waals surface area contributed by atoms with Gasteiger partial charge in [0.1, 0.15) is 17.8 Å². The van der Waals surface area contributed by atoms with Gasteiger partial charge in [0.2, 0.25) is 5.82 Å². The van der Waals surface area contributed by atoms with Crippen LogP contribution in [0, 0.1) is 5.82 Å². The average Bonchev–Trinajstić information content (AvgIpc) is 3.50. The lowest BCUT2D eigenvalue weighted by atomic mass is 9.98. The molecule has 0 unspecified atom stereocenters. The van der Waals surface area contributed by atoms with E-state index < -0.39 is 44.3 Å². The highest BCUT2D eigenvalue weighted by atomic mass is 35.5. The van der Waals surface area contributed by atoms with Gasteiger partial charge in [0, 0.05) is 40.7 Å². The summed E-state index contributed by atoms with van der Waals surface area (Å²) in [4.78, 5) is 28.1. The number of hydrogen-bond donors (Lipinski definition) is 0. The number of halogens is 5. The van der Waals surface area contributed by atoms with Gasteiger partial charge in [-0.15, -0.1) is 0 Å². The Balaban J connectivity index is 1.67. The Morgan fingerprint density at radius 3 is 2.43 bits per heavy atom. The average molecular weight is 652 g/mol. The molecule has 0 aliphatic carbocycles. The molecule has 3 aromatic carbocycles. The molecule has 0 saturated carbocycles. The lowest BCUT2D eigenvalue weighted by Gasteiger charge is -2.21. The highest BCUT2D eigenvalue weighted by Gasteiger charge is 2.45. The van der Waals surface area contributed by atoms with Gasteiger partial charge in [-0.05, 0) is 47.3 Å². The SMILES string of the molecule is COc1cc(-c2cccc(F)c2)c(Cl)cc1-c1c2ccc(S(=O)(=O)N(OC(=O)C(F)(F)F)c3ccon3)cc2cc(=O)n1C. The van der Waals surface area contributed by atoms with Crippen molar-refractivity contribution in [3.05, 3.63) is 94.2 Å². The number of carbonyl (C=O) groups is 1. The van der Waals surface area contributed by atoms with E-state index in [2.05, 4.69) is 14.5 Å². The molecule has 0 amide bonds. The summed E-state index contributed by atoms with van der Waals surface area (Å²) in [5, 5.41) is 3.83. The molecule has 0 fully saturated rings. The molecular weight excluding hydrogens is 634 g/mol. The molecule has 0 atom stereocenters. The summed E-state index contributed by atoms with van der Waals surface area (Å²) >= 11 is 6.60. The number of methoxy groups -OCH3 is 1. The van der Waals surface area contributed by atoms with Crippen molar-refractivity contribution < 1.29 is 44.9 Å². The molecule has 228 valence electrons. The van der Waals surface area contributed by atoms with E-state index in [-0.39, 0.29) is 26.3 Å². The molecule has 44 heavy (non-hydrogen) atoms. The number of nitrogens with zero attached hydrogens (tertiary/aromatic N) is 3. The molecule has 0 N–H and O–H groups in total. The molecule has 0 radical (unpaired) electrons. The first kappa shape index (κ1) is 30.6. The smallest absolute Gasteiger partial charge is 0.493 e. The number of anilines is 1. The molecule has 16 heteroatoms. The maximum Gasteiger partial charge on any atom is 0.493 e. The van der Waals surface area contributed by atoms with Crippen LogP contribution in [0.2, 0.25) is 5.02 Å². The standard InChI is InChI=1S/C28H18ClF4N3O7S/c1-35-25(37)12-16-11-18(44(39,40)36(24-8-9-42-34-24)43-27(38)28(31,32)33)6-7-19(16)26(35)21-13-22(29)20(14-23(21)41-2)15-4-3-5-17(30)10-15/h3-14H,1-2H3. The number of alkyl halides is 3. The van der Waals surface area contributed by atoms with Crippen LogP contribution in [0.1, 0.15) is 0 Å². The second-order valence-corrected chi connectivity index (χ2v) is 11.3. The Kier molecular flexibility index (Phi) is 7.86. The number of aromatic nitrogens is 2. The molecule has 5 rings (SSSR count). The van der Waals surface area contributed by atoms with E-state index in [1.807, 2.05) is 0 Å². The van der Waals surface area contributed by atoms with Crippen molar-refractivity contribution in [2.45, 2.75) is 11.1 Å². The number of fused-ring (bicyclic) bond motifs is 1. The number of hydrogen-bond acceptors (Lipinski definition) is 8. The molecule has 0 aliphatic rings. The van der Waals surface area contributed by atoms with Gasteiger partial charge in [-0.1, -0.05) is 39.4 Å². The number of ether oxygens (including phenoxy) is 1. The first-order chi connectivity index (χ1) is 20.7. The van der Waals surface area contributed by atoms with Gasteiger partial charge in [0.25, 0.3) is 15.6 Å². The highest BCUT2D eigenvalue weighted by molar-refractivity contribution is 7.92. The first-order valence-corrected chi connectivity index (χ1v) is 14.1. The second-order valence-electron chi connectivity index (χ2n) is 9.15. The fourth-order valence-electron chi connectivity index (χ4n) is 4.41. The van der Waals surface area contributed by atoms with Gasteiger partial charge in [0.05, 0.1) is 17.7 Å². The van der Waals surface area contributed by atoms with Crippen LogP contribution in [0.5, 0.6) is 5.75 Å². The summed E-state index contributed by atoms with van der Waals surface area (Å²) in [6.45, 7) is 0. The topological polar surface area (TPSA) is 121 Å². The van der Waals surface area contributed by atoms with E-state index in [4.69, 9.17) is 16.3 Å². The summed E-state index contributed by atoms with van der Waals surface area (Å²) in [6, 6.07) is 14.1. The third kappa shape index (κ3) is 5.58. The second kappa shape index (κ2) is 11.3. The highest BCUT2D eigenvalue weighted by Crippen LogP contribution is 2.41. The van der Waals surface area contributed by atoms with Gasteiger partial charge in [-0.25, -0.2) is 9.18 Å². The van der Waals surface area contributed by atoms with Gasteiger partial charge in [-0.3, -0.25) is 4.79 Å². The zero-order valence-corrected chi connectivity index (χ0v) is 24.0. The van der Waals surface area contributed by atoms with Crippen LogP contribution >= 0.6 is 11.6 Å². The van der Waals surface area contributed by atoms with Crippen molar-refractivity contribution in [2.75, 3.05) is 11.6 Å². The maximum absolute atomic E-state index is 13.9. The van der Waals surface area contributed by atoms with Crippen molar-refractivity contribution in [1.29, 1.82) is 0 Å². The predicted octanol–water partition coefficient (Wildman–Crippen LogP) is 5.88. The van der Waals surface area contributed by atoms with E-state index in [1.165, 1.54) is 49.1 Å². The summed E-state index contributed by atoms with van der Waals surface area (Å²) in [7, 11) is -2.22. The minimum atomic E-state index is -5.54. The lowest BCUT2D eigenvalue weighted by molar-refractivity contribution is -0.199. The zero-order valence-electron chi connectivity index (χ0n) is 22.4. The fourth-order valence-corrected chi connectivity index (χ4v) is 5.90. The summed E-state index contributed by atoms with van der Waals surface area (Å²) in [5.74, 6) is -3.85. The number of benzene rings is 3. The van der Waals surface area contributed by atoms with Crippen molar-refractivity contribution in [2.24, 2.45) is 7.05 Å². The maximum atomic E-state index is 13.9. The Labute approximate surface area is 250 Å². The number of carbonyl (C=O) groups excluding carboxylic acids is 1. The third-order valence-electron chi connectivity index (χ3n) is 6.43. The Hall–Kier alpha value is -4.89. The summed E-state index contributed by atoms with van der Waals surface area (Å²) in [5.41, 5.74) is 0.877. The monoisotopic (exact) mass is 651 g/mol. The first-order valence-electron chi connectivity index (χ1n) is 12.2.